The molecule has 31 heavy (non-hydrogen) atoms. The van der Waals surface area contributed by atoms with Gasteiger partial charge in [-0.3, -0.25) is 4.72 Å². The van der Waals surface area contributed by atoms with E-state index in [0.29, 0.717) is 5.39 Å². The number of sulfonamides is 1. The standard InChI is InChI=1S/C23H16N2O4S2/c24-13-6-14-30(26,27)23-11-4-3-10-21(23)25-31(28,29)22-12-5-9-19-15-17-7-1-2-8-18(17)16-20(19)22/h1-12,14-16,25H. The minimum atomic E-state index is -4.12. The molecule has 0 amide bonds. The predicted molar refractivity (Wildman–Crippen MR) is 121 cm³/mol. The van der Waals surface area contributed by atoms with E-state index in [1.54, 1.807) is 18.2 Å². The SMILES string of the molecule is N#CC=CS(=O)(=O)c1ccccc1NS(=O)(=O)c1cccc2cc3ccccc3cc12. The van der Waals surface area contributed by atoms with Gasteiger partial charge in [0.05, 0.1) is 21.5 Å². The molecule has 4 aromatic rings. The van der Waals surface area contributed by atoms with Crippen LogP contribution >= 0.6 is 0 Å². The Morgan fingerprint density at radius 1 is 0.742 bits per heavy atom. The van der Waals surface area contributed by atoms with E-state index in [2.05, 4.69) is 4.72 Å². The van der Waals surface area contributed by atoms with Crippen LogP contribution in [0.1, 0.15) is 0 Å². The van der Waals surface area contributed by atoms with Gasteiger partial charge in [0.2, 0.25) is 9.84 Å². The van der Waals surface area contributed by atoms with Crippen LogP contribution in [0, 0.1) is 11.3 Å². The van der Waals surface area contributed by atoms with E-state index in [9.17, 15) is 16.8 Å². The van der Waals surface area contributed by atoms with Crippen molar-refractivity contribution >= 4 is 47.1 Å². The van der Waals surface area contributed by atoms with E-state index in [1.807, 2.05) is 36.4 Å². The van der Waals surface area contributed by atoms with Gasteiger partial charge in [-0.1, -0.05) is 48.5 Å². The second-order valence-electron chi connectivity index (χ2n) is 6.76. The summed E-state index contributed by atoms with van der Waals surface area (Å²) >= 11 is 0. The van der Waals surface area contributed by atoms with Crippen molar-refractivity contribution in [2.75, 3.05) is 4.72 Å². The monoisotopic (exact) mass is 448 g/mol. The first-order chi connectivity index (χ1) is 14.8. The number of fused-ring (bicyclic) bond motifs is 2. The fraction of sp³-hybridized carbons (Fsp3) is 0. The number of para-hydroxylation sites is 1. The second-order valence-corrected chi connectivity index (χ2v) is 10.2. The van der Waals surface area contributed by atoms with Crippen molar-refractivity contribution in [1.82, 2.24) is 0 Å². The molecule has 0 unspecified atom stereocenters. The molecule has 0 aliphatic rings. The number of benzene rings is 4. The van der Waals surface area contributed by atoms with Crippen LogP contribution in [0.2, 0.25) is 0 Å². The first-order valence-electron chi connectivity index (χ1n) is 9.16. The summed E-state index contributed by atoms with van der Waals surface area (Å²) in [5, 5.41) is 12.5. The summed E-state index contributed by atoms with van der Waals surface area (Å²) in [7, 11) is -8.12. The molecule has 0 heterocycles. The molecule has 0 saturated heterocycles. The fourth-order valence-electron chi connectivity index (χ4n) is 3.36. The molecule has 1 N–H and O–H groups in total. The van der Waals surface area contributed by atoms with Gasteiger partial charge in [-0.25, -0.2) is 16.8 Å². The van der Waals surface area contributed by atoms with Crippen molar-refractivity contribution < 1.29 is 16.8 Å². The molecule has 0 aromatic heterocycles. The molecule has 0 aliphatic carbocycles. The number of nitriles is 1. The highest BCUT2D eigenvalue weighted by atomic mass is 32.2. The molecule has 0 fully saturated rings. The van der Waals surface area contributed by atoms with Crippen molar-refractivity contribution in [2.45, 2.75) is 9.79 Å². The minimum Gasteiger partial charge on any atom is -0.278 e. The van der Waals surface area contributed by atoms with Crippen molar-refractivity contribution in [2.24, 2.45) is 0 Å². The average Bonchev–Trinajstić information content (AvgIpc) is 2.76. The Morgan fingerprint density at radius 2 is 1.35 bits per heavy atom. The van der Waals surface area contributed by atoms with Gasteiger partial charge in [-0.2, -0.15) is 5.26 Å². The Kier molecular flexibility index (Phi) is 5.23. The molecule has 4 aromatic carbocycles. The first-order valence-corrected chi connectivity index (χ1v) is 12.2. The van der Waals surface area contributed by atoms with Crippen molar-refractivity contribution in [1.29, 1.82) is 5.26 Å². The highest BCUT2D eigenvalue weighted by Gasteiger charge is 2.22. The van der Waals surface area contributed by atoms with E-state index in [4.69, 9.17) is 5.26 Å². The molecule has 0 aliphatic heterocycles. The van der Waals surface area contributed by atoms with Gasteiger partial charge in [0, 0.05) is 16.9 Å². The Bertz CT molecular complexity index is 1600. The second kappa shape index (κ2) is 7.87. The summed E-state index contributed by atoms with van der Waals surface area (Å²) in [5.74, 6) is 0. The van der Waals surface area contributed by atoms with Crippen molar-refractivity contribution in [3.05, 3.63) is 90.3 Å². The van der Waals surface area contributed by atoms with Crippen LogP contribution in [0.25, 0.3) is 21.5 Å². The smallest absolute Gasteiger partial charge is 0.262 e. The largest absolute Gasteiger partial charge is 0.278 e. The lowest BCUT2D eigenvalue weighted by Crippen LogP contribution is -2.15. The predicted octanol–water partition coefficient (Wildman–Crippen LogP) is 4.60. The highest BCUT2D eigenvalue weighted by molar-refractivity contribution is 7.95. The average molecular weight is 449 g/mol. The van der Waals surface area contributed by atoms with Gasteiger partial charge < -0.3 is 0 Å². The molecular formula is C23H16N2O4S2. The third-order valence-electron chi connectivity index (χ3n) is 4.76. The third kappa shape index (κ3) is 4.01. The van der Waals surface area contributed by atoms with E-state index in [1.165, 1.54) is 30.3 Å². The number of allylic oxidation sites excluding steroid dienone is 1. The summed E-state index contributed by atoms with van der Waals surface area (Å²) in [6.07, 6.45) is 0.830. The number of sulfone groups is 1. The van der Waals surface area contributed by atoms with Crippen LogP contribution in [0.15, 0.2) is 100 Å². The van der Waals surface area contributed by atoms with Crippen LogP contribution < -0.4 is 4.72 Å². The maximum atomic E-state index is 13.3. The van der Waals surface area contributed by atoms with Crippen LogP contribution in [0.5, 0.6) is 0 Å². The van der Waals surface area contributed by atoms with Crippen LogP contribution in [0.3, 0.4) is 0 Å². The van der Waals surface area contributed by atoms with Crippen molar-refractivity contribution in [3.63, 3.8) is 0 Å². The Hall–Kier alpha value is -3.67. The molecule has 0 radical (unpaired) electrons. The Morgan fingerprint density at radius 3 is 2.10 bits per heavy atom. The number of nitrogens with zero attached hydrogens (tertiary/aromatic N) is 1. The summed E-state index contributed by atoms with van der Waals surface area (Å²) in [4.78, 5) is -0.203. The van der Waals surface area contributed by atoms with Crippen LogP contribution in [-0.2, 0) is 19.9 Å². The van der Waals surface area contributed by atoms with E-state index in [0.717, 1.165) is 27.6 Å². The lowest BCUT2D eigenvalue weighted by Gasteiger charge is -2.14. The van der Waals surface area contributed by atoms with E-state index in [-0.39, 0.29) is 15.5 Å². The van der Waals surface area contributed by atoms with Gasteiger partial charge in [0.1, 0.15) is 0 Å². The van der Waals surface area contributed by atoms with Gasteiger partial charge >= 0.3 is 0 Å². The topological polar surface area (TPSA) is 104 Å². The summed E-state index contributed by atoms with van der Waals surface area (Å²) in [6.45, 7) is 0. The number of hydrogen-bond donors (Lipinski definition) is 1. The molecule has 6 nitrogen and oxygen atoms in total. The molecule has 0 spiro atoms. The maximum absolute atomic E-state index is 13.3. The highest BCUT2D eigenvalue weighted by Crippen LogP contribution is 2.31. The molecule has 0 saturated carbocycles. The summed E-state index contributed by atoms with van der Waals surface area (Å²) in [6, 6.07) is 23.6. The zero-order valence-electron chi connectivity index (χ0n) is 16.1. The summed E-state index contributed by atoms with van der Waals surface area (Å²) in [5.41, 5.74) is -0.0946. The number of anilines is 1. The molecule has 0 bridgehead atoms. The fourth-order valence-corrected chi connectivity index (χ4v) is 5.81. The molecule has 0 atom stereocenters. The van der Waals surface area contributed by atoms with Gasteiger partial charge in [0.25, 0.3) is 10.0 Å². The molecule has 8 heteroatoms. The number of rotatable bonds is 5. The molecule has 154 valence electrons. The van der Waals surface area contributed by atoms with E-state index >= 15 is 0 Å². The number of nitrogens with one attached hydrogen (secondary N) is 1. The molecule has 4 rings (SSSR count). The van der Waals surface area contributed by atoms with Gasteiger partial charge in [0.15, 0.2) is 0 Å². The quantitative estimate of drug-likeness (QED) is 0.355. The zero-order chi connectivity index (χ0) is 22.1. The van der Waals surface area contributed by atoms with Crippen molar-refractivity contribution in [3.8, 4) is 6.07 Å². The first kappa shape index (κ1) is 20.6. The zero-order valence-corrected chi connectivity index (χ0v) is 17.7. The van der Waals surface area contributed by atoms with Crippen LogP contribution in [-0.4, -0.2) is 16.8 Å². The minimum absolute atomic E-state index is 0.0375. The van der Waals surface area contributed by atoms with E-state index < -0.39 is 19.9 Å². The Labute approximate surface area is 180 Å². The maximum Gasteiger partial charge on any atom is 0.262 e. The number of hydrogen-bond acceptors (Lipinski definition) is 5. The van der Waals surface area contributed by atoms with Gasteiger partial charge in [-0.05, 0) is 46.5 Å². The summed E-state index contributed by atoms with van der Waals surface area (Å²) < 4.78 is 54.0. The third-order valence-corrected chi connectivity index (χ3v) is 7.64. The lowest BCUT2D eigenvalue weighted by atomic mass is 10.0. The molecular weight excluding hydrogens is 432 g/mol. The van der Waals surface area contributed by atoms with Crippen LogP contribution in [0.4, 0.5) is 5.69 Å². The lowest BCUT2D eigenvalue weighted by molar-refractivity contribution is 0.602. The van der Waals surface area contributed by atoms with Gasteiger partial charge in [-0.15, -0.1) is 0 Å². The normalized spacial score (nSPS) is 12.2. The Balaban J connectivity index is 1.85.